The minimum Gasteiger partial charge on any atom is -0.349 e. The smallest absolute Gasteiger partial charge is 0.227 e. The third-order valence-electron chi connectivity index (χ3n) is 3.92. The van der Waals surface area contributed by atoms with E-state index in [-0.39, 0.29) is 11.8 Å². The molecular formula is C17H21N3OS. The molecule has 5 heteroatoms. The second kappa shape index (κ2) is 6.48. The number of rotatable bonds is 6. The number of anilines is 2. The van der Waals surface area contributed by atoms with Gasteiger partial charge in [-0.25, -0.2) is 4.98 Å². The third-order valence-corrected chi connectivity index (χ3v) is 4.82. The summed E-state index contributed by atoms with van der Waals surface area (Å²) in [5, 5.41) is 6.11. The fraction of sp³-hybridized carbons (Fsp3) is 0.412. The summed E-state index contributed by atoms with van der Waals surface area (Å²) in [5.41, 5.74) is 2.94. The molecule has 1 N–H and O–H groups in total. The number of nitrogens with one attached hydrogen (secondary N) is 1. The molecule has 1 aromatic carbocycles. The highest BCUT2D eigenvalue weighted by molar-refractivity contribution is 7.14. The number of hydrogen-bond donors (Lipinski definition) is 1. The number of carbonyl (C=O) groups is 1. The van der Waals surface area contributed by atoms with Crippen LogP contribution in [-0.2, 0) is 4.79 Å². The Hall–Kier alpha value is -1.88. The molecule has 0 bridgehead atoms. The maximum atomic E-state index is 11.7. The van der Waals surface area contributed by atoms with Crippen molar-refractivity contribution >= 4 is 28.1 Å². The quantitative estimate of drug-likeness (QED) is 0.876. The summed E-state index contributed by atoms with van der Waals surface area (Å²) in [4.78, 5) is 18.7. The number of nitrogens with zero attached hydrogens (tertiary/aromatic N) is 2. The van der Waals surface area contributed by atoms with Crippen LogP contribution in [0.2, 0.25) is 0 Å². The molecule has 0 aliphatic heterocycles. The summed E-state index contributed by atoms with van der Waals surface area (Å²) < 4.78 is 0. The first-order valence-corrected chi connectivity index (χ1v) is 8.71. The summed E-state index contributed by atoms with van der Waals surface area (Å²) in [6.45, 7) is 6.22. The molecule has 1 heterocycles. The van der Waals surface area contributed by atoms with Gasteiger partial charge in [0.05, 0.1) is 5.69 Å². The number of carbonyl (C=O) groups excluding carboxylic acids is 1. The zero-order valence-corrected chi connectivity index (χ0v) is 13.8. The average Bonchev–Trinajstić information content (AvgIpc) is 3.29. The van der Waals surface area contributed by atoms with Gasteiger partial charge in [-0.3, -0.25) is 4.79 Å². The summed E-state index contributed by atoms with van der Waals surface area (Å²) in [7, 11) is 0. The Bertz CT molecular complexity index is 642. The molecule has 22 heavy (non-hydrogen) atoms. The van der Waals surface area contributed by atoms with Crippen LogP contribution in [0.15, 0.2) is 29.6 Å². The van der Waals surface area contributed by atoms with Gasteiger partial charge in [0.2, 0.25) is 5.91 Å². The fourth-order valence-electron chi connectivity index (χ4n) is 2.35. The van der Waals surface area contributed by atoms with Gasteiger partial charge in [-0.2, -0.15) is 0 Å². The van der Waals surface area contributed by atoms with Gasteiger partial charge in [-0.1, -0.05) is 12.1 Å². The van der Waals surface area contributed by atoms with Gasteiger partial charge in [0.25, 0.3) is 0 Å². The molecule has 116 valence electrons. The van der Waals surface area contributed by atoms with Gasteiger partial charge in [0.1, 0.15) is 0 Å². The average molecular weight is 315 g/mol. The minimum atomic E-state index is 0.144. The molecule has 0 spiro atoms. The van der Waals surface area contributed by atoms with Crippen molar-refractivity contribution in [1.82, 2.24) is 4.98 Å². The van der Waals surface area contributed by atoms with E-state index in [1.165, 1.54) is 0 Å². The molecule has 0 unspecified atom stereocenters. The summed E-state index contributed by atoms with van der Waals surface area (Å²) in [6.07, 6.45) is 2.05. The number of thiazole rings is 1. The van der Waals surface area contributed by atoms with Crippen LogP contribution >= 0.6 is 11.3 Å². The van der Waals surface area contributed by atoms with Crippen molar-refractivity contribution in [3.05, 3.63) is 29.6 Å². The maximum absolute atomic E-state index is 11.7. The Kier molecular flexibility index (Phi) is 4.43. The lowest BCUT2D eigenvalue weighted by Crippen LogP contribution is -2.21. The molecule has 2 aromatic rings. The van der Waals surface area contributed by atoms with Crippen molar-refractivity contribution in [2.75, 3.05) is 23.3 Å². The van der Waals surface area contributed by atoms with E-state index in [1.54, 1.807) is 11.3 Å². The van der Waals surface area contributed by atoms with Gasteiger partial charge < -0.3 is 10.2 Å². The topological polar surface area (TPSA) is 45.2 Å². The standard InChI is InChI=1S/C17H21N3OS/c1-3-20(4-2)17-19-15(11-22-17)12-7-9-14(10-8-12)18-16(21)13-5-6-13/h7-11,13H,3-6H2,1-2H3,(H,18,21). The van der Waals surface area contributed by atoms with E-state index in [0.29, 0.717) is 0 Å². The Morgan fingerprint density at radius 2 is 1.95 bits per heavy atom. The highest BCUT2D eigenvalue weighted by atomic mass is 32.1. The lowest BCUT2D eigenvalue weighted by atomic mass is 10.1. The molecule has 1 aliphatic rings. The monoisotopic (exact) mass is 315 g/mol. The van der Waals surface area contributed by atoms with Crippen LogP contribution in [0.1, 0.15) is 26.7 Å². The Balaban J connectivity index is 1.70. The molecule has 1 amide bonds. The van der Waals surface area contributed by atoms with Gasteiger partial charge in [-0.15, -0.1) is 11.3 Å². The van der Waals surface area contributed by atoms with E-state index in [9.17, 15) is 4.79 Å². The molecule has 3 rings (SSSR count). The van der Waals surface area contributed by atoms with Crippen molar-refractivity contribution in [2.24, 2.45) is 5.92 Å². The lowest BCUT2D eigenvalue weighted by molar-refractivity contribution is -0.117. The van der Waals surface area contributed by atoms with E-state index in [0.717, 1.165) is 48.0 Å². The SMILES string of the molecule is CCN(CC)c1nc(-c2ccc(NC(=O)C3CC3)cc2)cs1. The first-order valence-electron chi connectivity index (χ1n) is 7.83. The lowest BCUT2D eigenvalue weighted by Gasteiger charge is -2.16. The maximum Gasteiger partial charge on any atom is 0.227 e. The number of hydrogen-bond acceptors (Lipinski definition) is 4. The van der Waals surface area contributed by atoms with Crippen LogP contribution in [0.5, 0.6) is 0 Å². The molecule has 1 fully saturated rings. The zero-order chi connectivity index (χ0) is 15.5. The van der Waals surface area contributed by atoms with Crippen LogP contribution < -0.4 is 10.2 Å². The van der Waals surface area contributed by atoms with E-state index in [1.807, 2.05) is 24.3 Å². The van der Waals surface area contributed by atoms with Crippen LogP contribution in [-0.4, -0.2) is 24.0 Å². The van der Waals surface area contributed by atoms with Crippen molar-refractivity contribution in [2.45, 2.75) is 26.7 Å². The highest BCUT2D eigenvalue weighted by Crippen LogP contribution is 2.31. The molecule has 0 radical (unpaired) electrons. The van der Waals surface area contributed by atoms with Crippen molar-refractivity contribution < 1.29 is 4.79 Å². The second-order valence-corrected chi connectivity index (χ2v) is 6.37. The first-order chi connectivity index (χ1) is 10.7. The van der Waals surface area contributed by atoms with E-state index in [4.69, 9.17) is 4.98 Å². The molecule has 1 aromatic heterocycles. The largest absolute Gasteiger partial charge is 0.349 e. The van der Waals surface area contributed by atoms with Gasteiger partial charge >= 0.3 is 0 Å². The number of benzene rings is 1. The van der Waals surface area contributed by atoms with Crippen LogP contribution in [0.3, 0.4) is 0 Å². The van der Waals surface area contributed by atoms with E-state index in [2.05, 4.69) is 29.4 Å². The van der Waals surface area contributed by atoms with Gasteiger partial charge in [-0.05, 0) is 38.8 Å². The third kappa shape index (κ3) is 3.30. The number of aromatic nitrogens is 1. The van der Waals surface area contributed by atoms with Crippen LogP contribution in [0, 0.1) is 5.92 Å². The molecule has 0 saturated heterocycles. The summed E-state index contributed by atoms with van der Waals surface area (Å²) in [5.74, 6) is 0.375. The molecular weight excluding hydrogens is 294 g/mol. The van der Waals surface area contributed by atoms with Crippen molar-refractivity contribution in [3.8, 4) is 11.3 Å². The van der Waals surface area contributed by atoms with Crippen molar-refractivity contribution in [3.63, 3.8) is 0 Å². The predicted molar refractivity (Wildman–Crippen MR) is 92.5 cm³/mol. The Morgan fingerprint density at radius 1 is 1.27 bits per heavy atom. The Morgan fingerprint density at radius 3 is 2.55 bits per heavy atom. The van der Waals surface area contributed by atoms with Crippen LogP contribution in [0.4, 0.5) is 10.8 Å². The molecule has 1 saturated carbocycles. The second-order valence-electron chi connectivity index (χ2n) is 5.53. The van der Waals surface area contributed by atoms with Crippen LogP contribution in [0.25, 0.3) is 11.3 Å². The predicted octanol–water partition coefficient (Wildman–Crippen LogP) is 4.00. The summed E-state index contributed by atoms with van der Waals surface area (Å²) in [6, 6.07) is 7.94. The fourth-order valence-corrected chi connectivity index (χ4v) is 3.31. The first kappa shape index (κ1) is 15.0. The normalized spacial score (nSPS) is 13.9. The molecule has 1 aliphatic carbocycles. The zero-order valence-electron chi connectivity index (χ0n) is 13.0. The van der Waals surface area contributed by atoms with Gasteiger partial charge in [0, 0.05) is 35.6 Å². The summed E-state index contributed by atoms with van der Waals surface area (Å²) >= 11 is 1.67. The van der Waals surface area contributed by atoms with E-state index >= 15 is 0 Å². The minimum absolute atomic E-state index is 0.144. The Labute approximate surface area is 135 Å². The number of amides is 1. The molecule has 4 nitrogen and oxygen atoms in total. The van der Waals surface area contributed by atoms with Crippen molar-refractivity contribution in [1.29, 1.82) is 0 Å². The highest BCUT2D eigenvalue weighted by Gasteiger charge is 2.29. The molecule has 0 atom stereocenters. The van der Waals surface area contributed by atoms with E-state index < -0.39 is 0 Å². The van der Waals surface area contributed by atoms with Gasteiger partial charge in [0.15, 0.2) is 5.13 Å².